The first-order chi connectivity index (χ1) is 8.50. The molecule has 2 rings (SSSR count). The fraction of sp³-hybridized carbons (Fsp3) is 0.600. The van der Waals surface area contributed by atoms with Crippen molar-refractivity contribution in [2.24, 2.45) is 5.92 Å². The maximum absolute atomic E-state index is 13.2. The van der Waals surface area contributed by atoms with Gasteiger partial charge in [0.15, 0.2) is 0 Å². The van der Waals surface area contributed by atoms with E-state index < -0.39 is 5.92 Å². The van der Waals surface area contributed by atoms with E-state index >= 15 is 0 Å². The predicted octanol–water partition coefficient (Wildman–Crippen LogP) is 5.14. The summed E-state index contributed by atoms with van der Waals surface area (Å²) in [7, 11) is 0. The quantitative estimate of drug-likeness (QED) is 0.666. The van der Waals surface area contributed by atoms with E-state index in [4.69, 9.17) is 11.6 Å². The van der Waals surface area contributed by atoms with Crippen molar-refractivity contribution in [2.45, 2.75) is 44.4 Å². The summed E-state index contributed by atoms with van der Waals surface area (Å²) in [5.74, 6) is -1.63. The minimum absolute atomic E-state index is 0.0339. The molecule has 0 spiro atoms. The van der Waals surface area contributed by atoms with Gasteiger partial charge in [-0.2, -0.15) is 0 Å². The lowest BCUT2D eigenvalue weighted by molar-refractivity contribution is 0.00451. The van der Waals surface area contributed by atoms with E-state index in [9.17, 15) is 8.78 Å². The zero-order chi connectivity index (χ0) is 13.2. The lowest BCUT2D eigenvalue weighted by Gasteiger charge is -2.19. The van der Waals surface area contributed by atoms with Crippen molar-refractivity contribution in [3.8, 4) is 0 Å². The molecule has 0 amide bonds. The second-order valence-electron chi connectivity index (χ2n) is 5.47. The van der Waals surface area contributed by atoms with E-state index in [1.165, 1.54) is 11.1 Å². The summed E-state index contributed by atoms with van der Waals surface area (Å²) in [4.78, 5) is 0. The fourth-order valence-electron chi connectivity index (χ4n) is 2.86. The number of alkyl halides is 3. The largest absolute Gasteiger partial charge is 0.248 e. The molecule has 0 bridgehead atoms. The number of benzene rings is 1. The molecule has 0 aliphatic heterocycles. The lowest BCUT2D eigenvalue weighted by Crippen LogP contribution is -2.12. The van der Waals surface area contributed by atoms with Gasteiger partial charge in [-0.1, -0.05) is 29.8 Å². The highest BCUT2D eigenvalue weighted by molar-refractivity contribution is 6.18. The van der Waals surface area contributed by atoms with Crippen LogP contribution in [-0.4, -0.2) is 11.8 Å². The molecule has 3 heteroatoms. The Morgan fingerprint density at radius 1 is 1.44 bits per heavy atom. The molecule has 1 aromatic rings. The van der Waals surface area contributed by atoms with Gasteiger partial charge in [0.1, 0.15) is 0 Å². The van der Waals surface area contributed by atoms with Gasteiger partial charge in [0, 0.05) is 18.7 Å². The first-order valence-electron chi connectivity index (χ1n) is 6.50. The lowest BCUT2D eigenvalue weighted by atomic mass is 9.88. The maximum atomic E-state index is 13.2. The summed E-state index contributed by atoms with van der Waals surface area (Å²) in [6.45, 7) is 2.04. The van der Waals surface area contributed by atoms with E-state index in [1.807, 2.05) is 25.1 Å². The molecule has 0 aromatic heterocycles. The van der Waals surface area contributed by atoms with Crippen LogP contribution in [0.5, 0.6) is 0 Å². The molecule has 1 fully saturated rings. The van der Waals surface area contributed by atoms with Gasteiger partial charge in [0.2, 0.25) is 5.92 Å². The Balaban J connectivity index is 2.02. The predicted molar refractivity (Wildman–Crippen MR) is 71.5 cm³/mol. The first-order valence-corrected chi connectivity index (χ1v) is 7.04. The molecule has 1 aliphatic rings. The van der Waals surface area contributed by atoms with Crippen LogP contribution in [0.4, 0.5) is 8.78 Å². The maximum Gasteiger partial charge on any atom is 0.248 e. The zero-order valence-electron chi connectivity index (χ0n) is 10.6. The van der Waals surface area contributed by atoms with Crippen LogP contribution in [0.2, 0.25) is 0 Å². The van der Waals surface area contributed by atoms with Crippen molar-refractivity contribution in [2.75, 3.05) is 5.88 Å². The fourth-order valence-corrected chi connectivity index (χ4v) is 3.16. The topological polar surface area (TPSA) is 0 Å². The van der Waals surface area contributed by atoms with Crippen LogP contribution in [0.15, 0.2) is 24.3 Å². The summed E-state index contributed by atoms with van der Waals surface area (Å²) in [5.41, 5.74) is 2.37. The van der Waals surface area contributed by atoms with Crippen molar-refractivity contribution < 1.29 is 8.78 Å². The molecule has 1 aliphatic carbocycles. The van der Waals surface area contributed by atoms with Crippen LogP contribution in [0, 0.1) is 12.8 Å². The Morgan fingerprint density at radius 2 is 2.22 bits per heavy atom. The Kier molecular flexibility index (Phi) is 4.26. The second kappa shape index (κ2) is 5.56. The van der Waals surface area contributed by atoms with Crippen molar-refractivity contribution in [1.82, 2.24) is 0 Å². The molecular weight excluding hydrogens is 254 g/mol. The summed E-state index contributed by atoms with van der Waals surface area (Å²) < 4.78 is 26.4. The minimum atomic E-state index is -2.45. The summed E-state index contributed by atoms with van der Waals surface area (Å²) in [5, 5.41) is 0. The number of hydrogen-bond donors (Lipinski definition) is 0. The van der Waals surface area contributed by atoms with Gasteiger partial charge in [-0.3, -0.25) is 0 Å². The molecular formula is C15H19ClF2. The van der Waals surface area contributed by atoms with Gasteiger partial charge in [-0.05, 0) is 37.2 Å². The number of halogens is 3. The zero-order valence-corrected chi connectivity index (χ0v) is 11.4. The SMILES string of the molecule is Cc1cccc(C(CCl)CC2CCC(F)(F)C2)c1. The standard InChI is InChI=1S/C15H19ClF2/c1-11-3-2-4-13(7-11)14(10-16)8-12-5-6-15(17,18)9-12/h2-4,7,12,14H,5-6,8-10H2,1H3. The third-order valence-corrected chi connectivity index (χ3v) is 4.20. The number of aryl methyl sites for hydroxylation is 1. The van der Waals surface area contributed by atoms with Crippen LogP contribution in [0.3, 0.4) is 0 Å². The highest BCUT2D eigenvalue weighted by Gasteiger charge is 2.39. The molecule has 1 aromatic carbocycles. The number of hydrogen-bond acceptors (Lipinski definition) is 0. The van der Waals surface area contributed by atoms with E-state index in [0.29, 0.717) is 12.3 Å². The van der Waals surface area contributed by atoms with Crippen LogP contribution in [0.1, 0.15) is 42.7 Å². The molecule has 0 saturated heterocycles. The Hall–Kier alpha value is -0.630. The van der Waals surface area contributed by atoms with Gasteiger partial charge in [-0.15, -0.1) is 11.6 Å². The molecule has 0 N–H and O–H groups in total. The van der Waals surface area contributed by atoms with Gasteiger partial charge >= 0.3 is 0 Å². The average Bonchev–Trinajstić information content (AvgIpc) is 2.65. The third kappa shape index (κ3) is 3.44. The first kappa shape index (κ1) is 13.8. The Bertz CT molecular complexity index is 403. The van der Waals surface area contributed by atoms with E-state index in [-0.39, 0.29) is 24.7 Å². The van der Waals surface area contributed by atoms with Gasteiger partial charge in [-0.25, -0.2) is 8.78 Å². The molecule has 18 heavy (non-hydrogen) atoms. The molecule has 2 atom stereocenters. The van der Waals surface area contributed by atoms with E-state index in [0.717, 1.165) is 6.42 Å². The number of rotatable bonds is 4. The molecule has 0 nitrogen and oxygen atoms in total. The summed E-state index contributed by atoms with van der Waals surface area (Å²) in [6.07, 6.45) is 1.49. The normalized spacial score (nSPS) is 24.1. The van der Waals surface area contributed by atoms with Crippen LogP contribution in [-0.2, 0) is 0 Å². The Morgan fingerprint density at radius 3 is 2.78 bits per heavy atom. The average molecular weight is 273 g/mol. The van der Waals surface area contributed by atoms with E-state index in [2.05, 4.69) is 6.07 Å². The third-order valence-electron chi connectivity index (χ3n) is 3.82. The van der Waals surface area contributed by atoms with Crippen molar-refractivity contribution in [1.29, 1.82) is 0 Å². The van der Waals surface area contributed by atoms with E-state index in [1.54, 1.807) is 0 Å². The molecule has 0 radical (unpaired) electrons. The van der Waals surface area contributed by atoms with Crippen LogP contribution >= 0.6 is 11.6 Å². The Labute approximate surface area is 112 Å². The minimum Gasteiger partial charge on any atom is -0.207 e. The molecule has 100 valence electrons. The monoisotopic (exact) mass is 272 g/mol. The highest BCUT2D eigenvalue weighted by atomic mass is 35.5. The molecule has 2 unspecified atom stereocenters. The van der Waals surface area contributed by atoms with Crippen molar-refractivity contribution >= 4 is 11.6 Å². The van der Waals surface area contributed by atoms with Crippen molar-refractivity contribution in [3.05, 3.63) is 35.4 Å². The van der Waals surface area contributed by atoms with Gasteiger partial charge in [0.25, 0.3) is 0 Å². The van der Waals surface area contributed by atoms with Crippen LogP contribution < -0.4 is 0 Å². The molecule has 1 saturated carbocycles. The smallest absolute Gasteiger partial charge is 0.207 e. The van der Waals surface area contributed by atoms with Crippen LogP contribution in [0.25, 0.3) is 0 Å². The summed E-state index contributed by atoms with van der Waals surface area (Å²) in [6, 6.07) is 8.21. The highest BCUT2D eigenvalue weighted by Crippen LogP contribution is 2.43. The second-order valence-corrected chi connectivity index (χ2v) is 5.77. The molecule has 0 heterocycles. The van der Waals surface area contributed by atoms with Gasteiger partial charge < -0.3 is 0 Å². The summed E-state index contributed by atoms with van der Waals surface area (Å²) >= 11 is 6.02. The van der Waals surface area contributed by atoms with Gasteiger partial charge in [0.05, 0.1) is 0 Å². The van der Waals surface area contributed by atoms with Crippen molar-refractivity contribution in [3.63, 3.8) is 0 Å².